The Labute approximate surface area is 90.2 Å². The van der Waals surface area contributed by atoms with E-state index in [-0.39, 0.29) is 0 Å². The molecule has 1 unspecified atom stereocenters. The molecule has 0 heterocycles. The summed E-state index contributed by atoms with van der Waals surface area (Å²) in [4.78, 5) is 0. The van der Waals surface area contributed by atoms with Gasteiger partial charge < -0.3 is 9.93 Å². The first-order valence-corrected chi connectivity index (χ1v) is 5.86. The molecular weight excluding hydrogens is 209 g/mol. The molecule has 0 radical (unpaired) electrons. The second-order valence-corrected chi connectivity index (χ2v) is 4.71. The highest BCUT2D eigenvalue weighted by atomic mass is 31.1. The highest BCUT2D eigenvalue weighted by Crippen LogP contribution is 2.21. The van der Waals surface area contributed by atoms with Crippen molar-refractivity contribution in [2.75, 3.05) is 7.11 Å². The Hall–Kier alpha value is -1.18. The molecule has 1 aromatic rings. The lowest BCUT2D eigenvalue weighted by Crippen LogP contribution is -1.99. The standard InChI is InChI=1S/C11H14NO2P/c1-9-6-10(4-3-5-12)8-11(7-9)15(13)14-2/h3-8,12,15H,1-2H3/b4-3+,12-5?. The molecule has 1 atom stereocenters. The molecule has 4 heteroatoms. The van der Waals surface area contributed by atoms with Gasteiger partial charge in [0, 0.05) is 18.6 Å². The third kappa shape index (κ3) is 3.46. The highest BCUT2D eigenvalue weighted by molar-refractivity contribution is 7.48. The summed E-state index contributed by atoms with van der Waals surface area (Å²) in [6.07, 6.45) is 4.64. The molecular formula is C11H14NO2P. The van der Waals surface area contributed by atoms with E-state index >= 15 is 0 Å². The number of hydrogen-bond donors (Lipinski definition) is 1. The molecule has 80 valence electrons. The molecule has 0 saturated heterocycles. The van der Waals surface area contributed by atoms with Gasteiger partial charge in [0.25, 0.3) is 0 Å². The molecule has 0 fully saturated rings. The topological polar surface area (TPSA) is 50.2 Å². The summed E-state index contributed by atoms with van der Waals surface area (Å²) in [5, 5.41) is 7.60. The average Bonchev–Trinajstić information content (AvgIpc) is 2.24. The van der Waals surface area contributed by atoms with E-state index in [1.165, 1.54) is 13.3 Å². The van der Waals surface area contributed by atoms with Crippen LogP contribution in [0, 0.1) is 12.3 Å². The van der Waals surface area contributed by atoms with Crippen LogP contribution in [0.4, 0.5) is 0 Å². The van der Waals surface area contributed by atoms with E-state index in [0.717, 1.165) is 11.1 Å². The highest BCUT2D eigenvalue weighted by Gasteiger charge is 2.03. The van der Waals surface area contributed by atoms with Crippen LogP contribution in [0.2, 0.25) is 0 Å². The number of allylic oxidation sites excluding steroid dienone is 1. The summed E-state index contributed by atoms with van der Waals surface area (Å²) >= 11 is 0. The first-order valence-electron chi connectivity index (χ1n) is 4.54. The lowest BCUT2D eigenvalue weighted by atomic mass is 10.1. The van der Waals surface area contributed by atoms with Crippen LogP contribution in [-0.2, 0) is 9.09 Å². The number of nitrogens with one attached hydrogen (secondary N) is 1. The van der Waals surface area contributed by atoms with Gasteiger partial charge in [-0.2, -0.15) is 0 Å². The Bertz CT molecular complexity index is 413. The first kappa shape index (κ1) is 11.9. The summed E-state index contributed by atoms with van der Waals surface area (Å²) in [6, 6.07) is 5.64. The molecule has 0 aliphatic carbocycles. The van der Waals surface area contributed by atoms with Crippen molar-refractivity contribution in [1.29, 1.82) is 5.41 Å². The molecule has 0 spiro atoms. The number of rotatable bonds is 4. The molecule has 0 bridgehead atoms. The zero-order valence-electron chi connectivity index (χ0n) is 8.78. The van der Waals surface area contributed by atoms with Crippen molar-refractivity contribution in [3.05, 3.63) is 35.4 Å². The van der Waals surface area contributed by atoms with Gasteiger partial charge in [-0.1, -0.05) is 12.1 Å². The maximum Gasteiger partial charge on any atom is 0.220 e. The Kier molecular flexibility index (Phi) is 4.47. The van der Waals surface area contributed by atoms with Gasteiger partial charge in [-0.05, 0) is 36.3 Å². The molecule has 0 amide bonds. The average molecular weight is 223 g/mol. The third-order valence-electron chi connectivity index (χ3n) is 1.91. The largest absolute Gasteiger partial charge is 0.331 e. The van der Waals surface area contributed by atoms with Gasteiger partial charge in [-0.3, -0.25) is 4.57 Å². The fourth-order valence-corrected chi connectivity index (χ4v) is 2.17. The summed E-state index contributed by atoms with van der Waals surface area (Å²) < 4.78 is 16.3. The summed E-state index contributed by atoms with van der Waals surface area (Å²) in [7, 11) is -0.675. The zero-order valence-corrected chi connectivity index (χ0v) is 9.78. The molecule has 0 aliphatic heterocycles. The Balaban J connectivity index is 3.10. The SMILES string of the molecule is CO[PH](=O)c1cc(C)cc(/C=C/C=N)c1. The summed E-state index contributed by atoms with van der Waals surface area (Å²) in [5.74, 6) is 0. The molecule has 3 nitrogen and oxygen atoms in total. The minimum Gasteiger partial charge on any atom is -0.331 e. The van der Waals surface area contributed by atoms with Crippen molar-refractivity contribution in [2.24, 2.45) is 0 Å². The van der Waals surface area contributed by atoms with Crippen molar-refractivity contribution in [3.8, 4) is 0 Å². The van der Waals surface area contributed by atoms with Gasteiger partial charge in [0.05, 0.1) is 0 Å². The smallest absolute Gasteiger partial charge is 0.220 e. The van der Waals surface area contributed by atoms with E-state index in [2.05, 4.69) is 0 Å². The summed E-state index contributed by atoms with van der Waals surface area (Å²) in [5.41, 5.74) is 1.97. The van der Waals surface area contributed by atoms with E-state index in [0.29, 0.717) is 5.30 Å². The van der Waals surface area contributed by atoms with Crippen LogP contribution < -0.4 is 5.30 Å². The predicted molar refractivity (Wildman–Crippen MR) is 64.6 cm³/mol. The monoisotopic (exact) mass is 223 g/mol. The van der Waals surface area contributed by atoms with Gasteiger partial charge in [0.15, 0.2) is 0 Å². The van der Waals surface area contributed by atoms with Crippen molar-refractivity contribution < 1.29 is 9.09 Å². The minimum absolute atomic E-state index is 0.715. The van der Waals surface area contributed by atoms with Crippen molar-refractivity contribution in [2.45, 2.75) is 6.92 Å². The molecule has 0 aromatic heterocycles. The van der Waals surface area contributed by atoms with Crippen LogP contribution in [0.15, 0.2) is 24.3 Å². The number of aryl methyl sites for hydroxylation is 1. The van der Waals surface area contributed by atoms with Crippen LogP contribution >= 0.6 is 8.03 Å². The molecule has 0 saturated carbocycles. The lowest BCUT2D eigenvalue weighted by Gasteiger charge is -2.03. The van der Waals surface area contributed by atoms with Crippen LogP contribution in [-0.4, -0.2) is 13.3 Å². The van der Waals surface area contributed by atoms with Crippen LogP contribution in [0.5, 0.6) is 0 Å². The fraction of sp³-hybridized carbons (Fsp3) is 0.182. The third-order valence-corrected chi connectivity index (χ3v) is 3.04. The molecule has 15 heavy (non-hydrogen) atoms. The molecule has 1 rings (SSSR count). The maximum atomic E-state index is 11.5. The van der Waals surface area contributed by atoms with Gasteiger partial charge in [0.2, 0.25) is 8.03 Å². The lowest BCUT2D eigenvalue weighted by molar-refractivity contribution is 0.423. The normalized spacial score (nSPS) is 12.9. The Morgan fingerprint density at radius 2 is 2.13 bits per heavy atom. The number of hydrogen-bond acceptors (Lipinski definition) is 3. The van der Waals surface area contributed by atoms with E-state index in [4.69, 9.17) is 9.93 Å². The van der Waals surface area contributed by atoms with E-state index in [1.807, 2.05) is 25.1 Å². The predicted octanol–water partition coefficient (Wildman–Crippen LogP) is 2.40. The quantitative estimate of drug-likeness (QED) is 0.629. The fourth-order valence-electron chi connectivity index (χ4n) is 1.30. The van der Waals surface area contributed by atoms with Crippen LogP contribution in [0.1, 0.15) is 11.1 Å². The van der Waals surface area contributed by atoms with Gasteiger partial charge in [-0.25, -0.2) is 0 Å². The Morgan fingerprint density at radius 1 is 1.40 bits per heavy atom. The molecule has 1 aromatic carbocycles. The molecule has 1 N–H and O–H groups in total. The molecule has 0 aliphatic rings. The van der Waals surface area contributed by atoms with Crippen molar-refractivity contribution >= 4 is 25.6 Å². The van der Waals surface area contributed by atoms with Gasteiger partial charge in [-0.15, -0.1) is 0 Å². The minimum atomic E-state index is -2.12. The van der Waals surface area contributed by atoms with Crippen LogP contribution in [0.3, 0.4) is 0 Å². The maximum absolute atomic E-state index is 11.5. The van der Waals surface area contributed by atoms with Crippen LogP contribution in [0.25, 0.3) is 6.08 Å². The Morgan fingerprint density at radius 3 is 2.73 bits per heavy atom. The van der Waals surface area contributed by atoms with Gasteiger partial charge in [0.1, 0.15) is 0 Å². The van der Waals surface area contributed by atoms with E-state index < -0.39 is 8.03 Å². The second kappa shape index (κ2) is 5.64. The second-order valence-electron chi connectivity index (χ2n) is 3.15. The van der Waals surface area contributed by atoms with Crippen molar-refractivity contribution in [1.82, 2.24) is 0 Å². The first-order chi connectivity index (χ1) is 7.17. The van der Waals surface area contributed by atoms with Gasteiger partial charge >= 0.3 is 0 Å². The van der Waals surface area contributed by atoms with E-state index in [1.54, 1.807) is 12.2 Å². The van der Waals surface area contributed by atoms with E-state index in [9.17, 15) is 4.57 Å². The zero-order chi connectivity index (χ0) is 11.3. The van der Waals surface area contributed by atoms with Crippen molar-refractivity contribution in [3.63, 3.8) is 0 Å². The number of benzene rings is 1. The summed E-state index contributed by atoms with van der Waals surface area (Å²) in [6.45, 7) is 1.94.